The number of carbonyl (C=O) groups excluding carboxylic acids is 1. The van der Waals surface area contributed by atoms with Crippen molar-refractivity contribution in [2.45, 2.75) is 26.5 Å². The fourth-order valence-corrected chi connectivity index (χ4v) is 4.77. The number of aromatic nitrogens is 2. The van der Waals surface area contributed by atoms with Crippen molar-refractivity contribution in [3.8, 4) is 22.1 Å². The van der Waals surface area contributed by atoms with E-state index in [0.29, 0.717) is 31.2 Å². The third-order valence-electron chi connectivity index (χ3n) is 5.08. The molecule has 0 aliphatic rings. The van der Waals surface area contributed by atoms with Crippen LogP contribution in [-0.4, -0.2) is 34.4 Å². The van der Waals surface area contributed by atoms with E-state index in [1.807, 2.05) is 65.0 Å². The monoisotopic (exact) mass is 479 g/mol. The molecule has 0 aliphatic carbocycles. The Morgan fingerprint density at radius 1 is 1.12 bits per heavy atom. The van der Waals surface area contributed by atoms with E-state index in [2.05, 4.69) is 9.97 Å². The second-order valence-corrected chi connectivity index (χ2v) is 9.21. The minimum absolute atomic E-state index is 0.0394. The van der Waals surface area contributed by atoms with Crippen molar-refractivity contribution in [3.05, 3.63) is 81.8 Å². The zero-order valence-corrected chi connectivity index (χ0v) is 20.2. The summed E-state index contributed by atoms with van der Waals surface area (Å²) in [7, 11) is 1.63. The Morgan fingerprint density at radius 3 is 2.76 bits per heavy atom. The number of ether oxygens (including phenoxy) is 2. The van der Waals surface area contributed by atoms with E-state index >= 15 is 0 Å². The number of thiazole rings is 1. The summed E-state index contributed by atoms with van der Waals surface area (Å²) in [6.07, 6.45) is 3.78. The van der Waals surface area contributed by atoms with Crippen LogP contribution in [-0.2, 0) is 24.4 Å². The van der Waals surface area contributed by atoms with Crippen LogP contribution >= 0.6 is 22.7 Å². The summed E-state index contributed by atoms with van der Waals surface area (Å²) < 4.78 is 11.5. The van der Waals surface area contributed by atoms with Crippen molar-refractivity contribution < 1.29 is 14.3 Å². The lowest BCUT2D eigenvalue weighted by Crippen LogP contribution is -2.31. The van der Waals surface area contributed by atoms with Crippen LogP contribution in [0.15, 0.2) is 65.6 Å². The molecule has 0 saturated heterocycles. The first-order valence-corrected chi connectivity index (χ1v) is 12.4. The Balaban J connectivity index is 1.39. The highest BCUT2D eigenvalue weighted by molar-refractivity contribution is 7.13. The number of likely N-dealkylation sites (N-methyl/N-ethyl adjacent to an activating group) is 1. The maximum absolute atomic E-state index is 13.0. The van der Waals surface area contributed by atoms with Crippen molar-refractivity contribution in [3.63, 3.8) is 0 Å². The molecular formula is C25H25N3O3S2. The topological polar surface area (TPSA) is 64.6 Å². The van der Waals surface area contributed by atoms with Gasteiger partial charge in [-0.15, -0.1) is 22.7 Å². The van der Waals surface area contributed by atoms with Crippen LogP contribution < -0.4 is 9.47 Å². The van der Waals surface area contributed by atoms with Gasteiger partial charge < -0.3 is 14.4 Å². The minimum atomic E-state index is 0.0394. The molecule has 0 spiro atoms. The fraction of sp³-hybridized carbons (Fsp3) is 0.240. The number of pyridine rings is 1. The van der Waals surface area contributed by atoms with Gasteiger partial charge in [0.2, 0.25) is 5.91 Å². The predicted octanol–water partition coefficient (Wildman–Crippen LogP) is 5.45. The minimum Gasteiger partial charge on any atom is -0.493 e. The van der Waals surface area contributed by atoms with Crippen LogP contribution in [0.4, 0.5) is 0 Å². The zero-order chi connectivity index (χ0) is 23.0. The number of benzene rings is 1. The third-order valence-corrected chi connectivity index (χ3v) is 6.87. The molecule has 33 heavy (non-hydrogen) atoms. The first-order valence-electron chi connectivity index (χ1n) is 10.6. The largest absolute Gasteiger partial charge is 0.493 e. The Hall–Kier alpha value is -3.23. The molecular weight excluding hydrogens is 454 g/mol. The molecule has 0 aliphatic heterocycles. The maximum atomic E-state index is 13.0. The Labute approximate surface area is 201 Å². The molecule has 0 atom stereocenters. The van der Waals surface area contributed by atoms with Crippen molar-refractivity contribution >= 4 is 28.6 Å². The summed E-state index contributed by atoms with van der Waals surface area (Å²) in [5.41, 5.74) is 2.72. The van der Waals surface area contributed by atoms with Gasteiger partial charge >= 0.3 is 0 Å². The van der Waals surface area contributed by atoms with Crippen LogP contribution in [0.5, 0.6) is 11.5 Å². The van der Waals surface area contributed by atoms with Crippen LogP contribution in [0.25, 0.3) is 10.6 Å². The lowest BCUT2D eigenvalue weighted by molar-refractivity contribution is -0.130. The van der Waals surface area contributed by atoms with E-state index in [1.165, 1.54) is 11.3 Å². The molecule has 1 amide bonds. The Morgan fingerprint density at radius 2 is 2.03 bits per heavy atom. The van der Waals surface area contributed by atoms with Gasteiger partial charge in [-0.25, -0.2) is 4.98 Å². The first kappa shape index (κ1) is 22.9. The molecule has 0 saturated carbocycles. The molecule has 4 rings (SSSR count). The molecule has 6 nitrogen and oxygen atoms in total. The molecule has 0 fully saturated rings. The van der Waals surface area contributed by atoms with Crippen molar-refractivity contribution in [1.82, 2.24) is 14.9 Å². The van der Waals surface area contributed by atoms with Crippen LogP contribution in [0.1, 0.15) is 23.1 Å². The number of nitrogens with zero attached hydrogens (tertiary/aromatic N) is 3. The number of thiophene rings is 1. The first-order chi connectivity index (χ1) is 16.2. The van der Waals surface area contributed by atoms with E-state index in [0.717, 1.165) is 26.7 Å². The molecule has 0 radical (unpaired) electrons. The second-order valence-electron chi connectivity index (χ2n) is 7.32. The van der Waals surface area contributed by atoms with Gasteiger partial charge in [-0.2, -0.15) is 0 Å². The summed E-state index contributed by atoms with van der Waals surface area (Å²) in [6, 6.07) is 13.7. The smallest absolute Gasteiger partial charge is 0.228 e. The highest BCUT2D eigenvalue weighted by Gasteiger charge is 2.16. The lowest BCUT2D eigenvalue weighted by atomic mass is 10.1. The number of methoxy groups -OCH3 is 1. The highest BCUT2D eigenvalue weighted by Crippen LogP contribution is 2.30. The fourth-order valence-electron chi connectivity index (χ4n) is 3.35. The van der Waals surface area contributed by atoms with E-state index in [-0.39, 0.29) is 12.3 Å². The second kappa shape index (κ2) is 11.1. The molecule has 3 aromatic heterocycles. The predicted molar refractivity (Wildman–Crippen MR) is 132 cm³/mol. The van der Waals surface area contributed by atoms with E-state index in [9.17, 15) is 4.79 Å². The number of hydrogen-bond acceptors (Lipinski definition) is 7. The highest BCUT2D eigenvalue weighted by atomic mass is 32.1. The molecule has 4 aromatic rings. The SMILES string of the molecule is CCN(Cc1ccc(OCc2cccs2)c(OC)c1)C(=O)Cc1csc(-c2cccnc2)n1. The summed E-state index contributed by atoms with van der Waals surface area (Å²) >= 11 is 3.18. The summed E-state index contributed by atoms with van der Waals surface area (Å²) in [5, 5.41) is 4.84. The molecule has 0 bridgehead atoms. The Bertz CT molecular complexity index is 1180. The van der Waals surface area contributed by atoms with Gasteiger partial charge in [0.15, 0.2) is 11.5 Å². The molecule has 0 N–H and O–H groups in total. The quantitative estimate of drug-likeness (QED) is 0.303. The number of carbonyl (C=O) groups is 1. The zero-order valence-electron chi connectivity index (χ0n) is 18.6. The molecule has 8 heteroatoms. The van der Waals surface area contributed by atoms with Gasteiger partial charge in [0.05, 0.1) is 19.2 Å². The number of rotatable bonds is 10. The summed E-state index contributed by atoms with van der Waals surface area (Å²) in [5.74, 6) is 1.39. The van der Waals surface area contributed by atoms with Gasteiger partial charge in [-0.3, -0.25) is 9.78 Å². The molecule has 3 heterocycles. The summed E-state index contributed by atoms with van der Waals surface area (Å²) in [4.78, 5) is 24.7. The normalized spacial score (nSPS) is 10.7. The number of amides is 1. The molecule has 1 aromatic carbocycles. The average Bonchev–Trinajstić information content (AvgIpc) is 3.54. The standard InChI is InChI=1S/C25H25N3O3S2/c1-3-28(24(29)13-20-17-33-25(27-20)19-6-4-10-26-14-19)15-18-8-9-22(23(12-18)30-2)31-16-21-7-5-11-32-21/h4-12,14,17H,3,13,15-16H2,1-2H3. The van der Waals surface area contributed by atoms with Crippen LogP contribution in [0.3, 0.4) is 0 Å². The average molecular weight is 480 g/mol. The van der Waals surface area contributed by atoms with Crippen LogP contribution in [0.2, 0.25) is 0 Å². The van der Waals surface area contributed by atoms with Crippen LogP contribution in [0, 0.1) is 0 Å². The lowest BCUT2D eigenvalue weighted by Gasteiger charge is -2.21. The van der Waals surface area contributed by atoms with Crippen molar-refractivity contribution in [2.24, 2.45) is 0 Å². The Kier molecular flexibility index (Phi) is 7.70. The van der Waals surface area contributed by atoms with Crippen molar-refractivity contribution in [2.75, 3.05) is 13.7 Å². The van der Waals surface area contributed by atoms with Gasteiger partial charge in [0, 0.05) is 41.3 Å². The van der Waals surface area contributed by atoms with Gasteiger partial charge in [-0.1, -0.05) is 12.1 Å². The third kappa shape index (κ3) is 5.97. The molecule has 170 valence electrons. The van der Waals surface area contributed by atoms with Gasteiger partial charge in [-0.05, 0) is 48.2 Å². The van der Waals surface area contributed by atoms with Gasteiger partial charge in [0.25, 0.3) is 0 Å². The van der Waals surface area contributed by atoms with Crippen molar-refractivity contribution in [1.29, 1.82) is 0 Å². The van der Waals surface area contributed by atoms with E-state index < -0.39 is 0 Å². The summed E-state index contributed by atoms with van der Waals surface area (Å²) in [6.45, 7) is 3.59. The van der Waals surface area contributed by atoms with E-state index in [1.54, 1.807) is 30.8 Å². The van der Waals surface area contributed by atoms with E-state index in [4.69, 9.17) is 9.47 Å². The van der Waals surface area contributed by atoms with Gasteiger partial charge in [0.1, 0.15) is 11.6 Å². The number of hydrogen-bond donors (Lipinski definition) is 0. The maximum Gasteiger partial charge on any atom is 0.228 e. The molecule has 0 unspecified atom stereocenters.